The molecule has 0 aromatic rings. The SMILES string of the molecule is C[SiH](C)OC(CCO)C(C)(C)C. The molecule has 0 aliphatic heterocycles. The van der Waals surface area contributed by atoms with Gasteiger partial charge >= 0.3 is 0 Å². The molecule has 0 fully saturated rings. The second-order valence-electron chi connectivity index (χ2n) is 4.55. The highest BCUT2D eigenvalue weighted by Gasteiger charge is 2.25. The summed E-state index contributed by atoms with van der Waals surface area (Å²) in [6.07, 6.45) is 0.975. The lowest BCUT2D eigenvalue weighted by molar-refractivity contribution is 0.0611. The van der Waals surface area contributed by atoms with Gasteiger partial charge in [0.05, 0.1) is 6.10 Å². The number of aliphatic hydroxyl groups excluding tert-OH is 1. The molecule has 1 unspecified atom stereocenters. The van der Waals surface area contributed by atoms with Crippen LogP contribution in [-0.2, 0) is 4.43 Å². The molecular weight excluding hydrogens is 168 g/mol. The number of rotatable bonds is 4. The Kier molecular flexibility index (Phi) is 5.05. The minimum absolute atomic E-state index is 0.153. The normalized spacial score (nSPS) is 15.2. The Morgan fingerprint density at radius 2 is 1.83 bits per heavy atom. The molecule has 0 amide bonds. The van der Waals surface area contributed by atoms with E-state index in [-0.39, 0.29) is 18.1 Å². The summed E-state index contributed by atoms with van der Waals surface area (Å²) >= 11 is 0. The number of aliphatic hydroxyl groups is 1. The first kappa shape index (κ1) is 12.1. The summed E-state index contributed by atoms with van der Waals surface area (Å²) in [7, 11) is -0.971. The lowest BCUT2D eigenvalue weighted by Gasteiger charge is -2.32. The van der Waals surface area contributed by atoms with Gasteiger partial charge < -0.3 is 9.53 Å². The van der Waals surface area contributed by atoms with Gasteiger partial charge in [0.1, 0.15) is 0 Å². The molecule has 0 spiro atoms. The fourth-order valence-electron chi connectivity index (χ4n) is 1.15. The van der Waals surface area contributed by atoms with Gasteiger partial charge in [-0.3, -0.25) is 0 Å². The second kappa shape index (κ2) is 4.99. The average Bonchev–Trinajstić information content (AvgIpc) is 1.83. The Balaban J connectivity index is 4.04. The van der Waals surface area contributed by atoms with Gasteiger partial charge in [0.2, 0.25) is 0 Å². The third-order valence-electron chi connectivity index (χ3n) is 1.79. The molecule has 0 saturated heterocycles. The van der Waals surface area contributed by atoms with Crippen molar-refractivity contribution in [2.45, 2.75) is 46.4 Å². The molecule has 1 N–H and O–H groups in total. The zero-order chi connectivity index (χ0) is 9.78. The molecule has 74 valence electrons. The van der Waals surface area contributed by atoms with Crippen LogP contribution in [-0.4, -0.2) is 26.9 Å². The molecule has 0 radical (unpaired) electrons. The summed E-state index contributed by atoms with van der Waals surface area (Å²) in [6.45, 7) is 11.0. The standard InChI is InChI=1S/C9H22O2Si/c1-9(2,3)8(6-7-10)11-12(4)5/h8,10,12H,6-7H2,1-5H3. The fraction of sp³-hybridized carbons (Fsp3) is 1.00. The van der Waals surface area contributed by atoms with E-state index in [0.717, 1.165) is 6.42 Å². The maximum atomic E-state index is 8.85. The average molecular weight is 190 g/mol. The summed E-state index contributed by atoms with van der Waals surface area (Å²) in [5, 5.41) is 8.85. The molecule has 0 aromatic carbocycles. The third kappa shape index (κ3) is 4.90. The van der Waals surface area contributed by atoms with Gasteiger partial charge in [0.25, 0.3) is 0 Å². The van der Waals surface area contributed by atoms with Crippen molar-refractivity contribution in [2.24, 2.45) is 5.41 Å². The van der Waals surface area contributed by atoms with E-state index in [2.05, 4.69) is 33.9 Å². The first-order valence-corrected chi connectivity index (χ1v) is 7.42. The molecule has 1 atom stereocenters. The summed E-state index contributed by atoms with van der Waals surface area (Å²) < 4.78 is 5.83. The van der Waals surface area contributed by atoms with Crippen LogP contribution in [0, 0.1) is 5.41 Å². The Labute approximate surface area is 77.7 Å². The number of hydrogen-bond acceptors (Lipinski definition) is 2. The topological polar surface area (TPSA) is 29.5 Å². The summed E-state index contributed by atoms with van der Waals surface area (Å²) in [4.78, 5) is 0. The molecule has 0 heterocycles. The zero-order valence-electron chi connectivity index (χ0n) is 8.92. The predicted molar refractivity (Wildman–Crippen MR) is 54.9 cm³/mol. The van der Waals surface area contributed by atoms with Gasteiger partial charge in [0, 0.05) is 6.61 Å². The van der Waals surface area contributed by atoms with Crippen molar-refractivity contribution < 1.29 is 9.53 Å². The van der Waals surface area contributed by atoms with Crippen LogP contribution in [0.5, 0.6) is 0 Å². The predicted octanol–water partition coefficient (Wildman–Crippen LogP) is 1.78. The van der Waals surface area contributed by atoms with Gasteiger partial charge in [-0.2, -0.15) is 0 Å². The second-order valence-corrected chi connectivity index (χ2v) is 6.92. The Bertz CT molecular complexity index is 118. The molecule has 0 bridgehead atoms. The van der Waals surface area contributed by atoms with E-state index < -0.39 is 9.04 Å². The van der Waals surface area contributed by atoms with Gasteiger partial charge in [-0.15, -0.1) is 0 Å². The van der Waals surface area contributed by atoms with Crippen molar-refractivity contribution in [2.75, 3.05) is 6.61 Å². The molecule has 12 heavy (non-hydrogen) atoms. The largest absolute Gasteiger partial charge is 0.417 e. The Hall–Kier alpha value is 0.137. The van der Waals surface area contributed by atoms with Gasteiger partial charge in [-0.25, -0.2) is 0 Å². The van der Waals surface area contributed by atoms with Gasteiger partial charge in [0.15, 0.2) is 9.04 Å². The summed E-state index contributed by atoms with van der Waals surface area (Å²) in [6, 6.07) is 0. The molecule has 0 rings (SSSR count). The Morgan fingerprint density at radius 1 is 1.33 bits per heavy atom. The third-order valence-corrected chi connectivity index (χ3v) is 2.67. The van der Waals surface area contributed by atoms with E-state index in [1.54, 1.807) is 0 Å². The molecule has 3 heteroatoms. The van der Waals surface area contributed by atoms with Crippen LogP contribution >= 0.6 is 0 Å². The molecule has 0 aliphatic rings. The van der Waals surface area contributed by atoms with Crippen LogP contribution < -0.4 is 0 Å². The van der Waals surface area contributed by atoms with Crippen LogP contribution in [0.4, 0.5) is 0 Å². The van der Waals surface area contributed by atoms with Crippen molar-refractivity contribution in [3.05, 3.63) is 0 Å². The lowest BCUT2D eigenvalue weighted by Crippen LogP contribution is -2.33. The van der Waals surface area contributed by atoms with E-state index in [9.17, 15) is 0 Å². The van der Waals surface area contributed by atoms with E-state index in [4.69, 9.17) is 9.53 Å². The first-order chi connectivity index (χ1) is 5.38. The summed E-state index contributed by atoms with van der Waals surface area (Å²) in [5.41, 5.74) is 0.153. The quantitative estimate of drug-likeness (QED) is 0.685. The maximum Gasteiger partial charge on any atom is 0.171 e. The van der Waals surface area contributed by atoms with Crippen molar-refractivity contribution >= 4 is 9.04 Å². The molecular formula is C9H22O2Si. The lowest BCUT2D eigenvalue weighted by atomic mass is 9.87. The highest BCUT2D eigenvalue weighted by atomic mass is 28.3. The van der Waals surface area contributed by atoms with Crippen molar-refractivity contribution in [3.63, 3.8) is 0 Å². The highest BCUT2D eigenvalue weighted by Crippen LogP contribution is 2.25. The van der Waals surface area contributed by atoms with Crippen LogP contribution in [0.1, 0.15) is 27.2 Å². The monoisotopic (exact) mass is 190 g/mol. The van der Waals surface area contributed by atoms with Crippen LogP contribution in [0.3, 0.4) is 0 Å². The smallest absolute Gasteiger partial charge is 0.171 e. The first-order valence-electron chi connectivity index (χ1n) is 4.64. The summed E-state index contributed by atoms with van der Waals surface area (Å²) in [5.74, 6) is 0. The zero-order valence-corrected chi connectivity index (χ0v) is 10.1. The minimum atomic E-state index is -0.971. The molecule has 0 aromatic heterocycles. The maximum absolute atomic E-state index is 8.85. The Morgan fingerprint density at radius 3 is 2.08 bits per heavy atom. The van der Waals surface area contributed by atoms with E-state index in [1.165, 1.54) is 0 Å². The van der Waals surface area contributed by atoms with Crippen molar-refractivity contribution in [1.82, 2.24) is 0 Å². The van der Waals surface area contributed by atoms with Crippen LogP contribution in [0.25, 0.3) is 0 Å². The van der Waals surface area contributed by atoms with Crippen molar-refractivity contribution in [1.29, 1.82) is 0 Å². The van der Waals surface area contributed by atoms with E-state index >= 15 is 0 Å². The van der Waals surface area contributed by atoms with Crippen LogP contribution in [0.15, 0.2) is 0 Å². The number of hydrogen-bond donors (Lipinski definition) is 1. The van der Waals surface area contributed by atoms with Gasteiger partial charge in [-0.05, 0) is 24.9 Å². The highest BCUT2D eigenvalue weighted by molar-refractivity contribution is 6.48. The minimum Gasteiger partial charge on any atom is -0.417 e. The van der Waals surface area contributed by atoms with E-state index in [0.29, 0.717) is 0 Å². The van der Waals surface area contributed by atoms with Gasteiger partial charge in [-0.1, -0.05) is 20.8 Å². The molecule has 0 saturated carbocycles. The van der Waals surface area contributed by atoms with Crippen LogP contribution in [0.2, 0.25) is 13.1 Å². The van der Waals surface area contributed by atoms with E-state index in [1.807, 2.05) is 0 Å². The van der Waals surface area contributed by atoms with Crippen molar-refractivity contribution in [3.8, 4) is 0 Å². The molecule has 2 nitrogen and oxygen atoms in total. The fourth-order valence-corrected chi connectivity index (χ4v) is 2.35. The molecule has 0 aliphatic carbocycles.